The predicted octanol–water partition coefficient (Wildman–Crippen LogP) is 1.68. The average molecular weight is 350 g/mol. The van der Waals surface area contributed by atoms with E-state index in [1.54, 1.807) is 12.3 Å². The summed E-state index contributed by atoms with van der Waals surface area (Å²) in [6.07, 6.45) is -0.986. The molecule has 1 aromatic rings. The molecule has 0 unspecified atom stereocenters. The summed E-state index contributed by atoms with van der Waals surface area (Å²) in [6, 6.07) is 1.76. The third-order valence-corrected chi connectivity index (χ3v) is 3.80. The van der Waals surface area contributed by atoms with Gasteiger partial charge < -0.3 is 15.4 Å². The Morgan fingerprint density at radius 1 is 1.42 bits per heavy atom. The number of piperidine rings is 1. The highest BCUT2D eigenvalue weighted by atomic mass is 19.3. The summed E-state index contributed by atoms with van der Waals surface area (Å²) in [7, 11) is 0. The maximum absolute atomic E-state index is 12.7. The van der Waals surface area contributed by atoms with Crippen LogP contribution in [0.1, 0.15) is 24.5 Å². The first-order valence-electron chi connectivity index (χ1n) is 7.39. The number of nitrogens with two attached hydrogens (primary N) is 1. The van der Waals surface area contributed by atoms with Crippen LogP contribution in [-0.2, 0) is 9.53 Å². The molecule has 0 radical (unpaired) electrons. The number of hydrogen-bond acceptors (Lipinski definition) is 5. The number of ether oxygens (including phenoxy) is 1. The number of likely N-dealkylation sites (tertiary alicyclic amines) is 1. The minimum Gasteiger partial charge on any atom is -0.368 e. The van der Waals surface area contributed by atoms with Gasteiger partial charge in [0.15, 0.2) is 0 Å². The highest BCUT2D eigenvalue weighted by Gasteiger charge is 2.41. The number of hydrogen-bond donors (Lipinski definition) is 1. The zero-order valence-corrected chi connectivity index (χ0v) is 12.8. The van der Waals surface area contributed by atoms with Crippen molar-refractivity contribution < 1.29 is 27.1 Å². The van der Waals surface area contributed by atoms with Gasteiger partial charge >= 0.3 is 12.3 Å². The Kier molecular flexibility index (Phi) is 5.92. The molecule has 10 heteroatoms. The van der Waals surface area contributed by atoms with E-state index in [1.165, 1.54) is 4.90 Å². The highest BCUT2D eigenvalue weighted by molar-refractivity contribution is 5.77. The van der Waals surface area contributed by atoms with Gasteiger partial charge in [-0.15, -0.1) is 0 Å². The van der Waals surface area contributed by atoms with E-state index in [1.807, 2.05) is 0 Å². The fourth-order valence-corrected chi connectivity index (χ4v) is 2.47. The molecule has 134 valence electrons. The van der Waals surface area contributed by atoms with Gasteiger partial charge in [-0.25, -0.2) is 18.7 Å². The Balaban J connectivity index is 1.77. The topological polar surface area (TPSA) is 81.3 Å². The van der Waals surface area contributed by atoms with Gasteiger partial charge in [0, 0.05) is 30.9 Å². The molecule has 1 aromatic heterocycles. The monoisotopic (exact) mass is 350 g/mol. The largest absolute Gasteiger partial charge is 0.368 e. The van der Waals surface area contributed by atoms with Gasteiger partial charge in [0.05, 0.1) is 0 Å². The van der Waals surface area contributed by atoms with Crippen molar-refractivity contribution in [2.75, 3.05) is 32.0 Å². The van der Waals surface area contributed by atoms with Crippen molar-refractivity contribution in [1.82, 2.24) is 14.9 Å². The van der Waals surface area contributed by atoms with E-state index in [9.17, 15) is 22.4 Å². The molecule has 1 fully saturated rings. The molecular weight excluding hydrogens is 332 g/mol. The number of amides is 1. The molecule has 0 saturated carbocycles. The molecule has 0 spiro atoms. The second-order valence-electron chi connectivity index (χ2n) is 5.55. The number of carbonyl (C=O) groups excluding carboxylic acids is 1. The summed E-state index contributed by atoms with van der Waals surface area (Å²) in [5, 5.41) is 0. The fraction of sp³-hybridized carbons (Fsp3) is 0.643. The van der Waals surface area contributed by atoms with E-state index in [0.717, 1.165) is 5.69 Å². The molecule has 6 nitrogen and oxygen atoms in total. The molecular formula is C14H18F4N4O2. The zero-order chi connectivity index (χ0) is 17.7. The summed E-state index contributed by atoms with van der Waals surface area (Å²) in [5.74, 6) is -4.44. The zero-order valence-electron chi connectivity index (χ0n) is 12.8. The lowest BCUT2D eigenvalue weighted by atomic mass is 9.93. The third-order valence-electron chi connectivity index (χ3n) is 3.80. The molecule has 0 aromatic carbocycles. The van der Waals surface area contributed by atoms with Gasteiger partial charge in [-0.2, -0.15) is 8.78 Å². The molecule has 2 heterocycles. The minimum atomic E-state index is -4.25. The van der Waals surface area contributed by atoms with Crippen molar-refractivity contribution in [2.24, 2.45) is 0 Å². The van der Waals surface area contributed by atoms with Gasteiger partial charge in [-0.05, 0) is 18.9 Å². The van der Waals surface area contributed by atoms with Crippen LogP contribution in [0.2, 0.25) is 0 Å². The van der Waals surface area contributed by atoms with Crippen LogP contribution in [-0.4, -0.2) is 59.4 Å². The van der Waals surface area contributed by atoms with Crippen LogP contribution in [0.4, 0.5) is 23.5 Å². The summed E-state index contributed by atoms with van der Waals surface area (Å²) in [6.45, 7) is -1.31. The molecule has 24 heavy (non-hydrogen) atoms. The van der Waals surface area contributed by atoms with E-state index in [4.69, 9.17) is 5.73 Å². The quantitative estimate of drug-likeness (QED) is 0.790. The Morgan fingerprint density at radius 3 is 2.67 bits per heavy atom. The molecule has 2 N–H and O–H groups in total. The summed E-state index contributed by atoms with van der Waals surface area (Å²) < 4.78 is 53.8. The number of carbonyl (C=O) groups is 1. The van der Waals surface area contributed by atoms with Crippen LogP contribution >= 0.6 is 0 Å². The molecule has 1 aliphatic heterocycles. The number of aromatic nitrogens is 2. The Morgan fingerprint density at radius 2 is 2.08 bits per heavy atom. The second kappa shape index (κ2) is 7.73. The lowest BCUT2D eigenvalue weighted by Crippen LogP contribution is -2.41. The van der Waals surface area contributed by atoms with Crippen molar-refractivity contribution in [3.05, 3.63) is 18.0 Å². The first kappa shape index (κ1) is 18.4. The number of halogens is 4. The van der Waals surface area contributed by atoms with Crippen LogP contribution in [0, 0.1) is 0 Å². The minimum absolute atomic E-state index is 0.128. The summed E-state index contributed by atoms with van der Waals surface area (Å²) in [5.41, 5.74) is 6.33. The van der Waals surface area contributed by atoms with Crippen LogP contribution in [0.15, 0.2) is 12.3 Å². The van der Waals surface area contributed by atoms with E-state index in [0.29, 0.717) is 25.9 Å². The Labute approximate surface area is 136 Å². The van der Waals surface area contributed by atoms with Crippen molar-refractivity contribution >= 4 is 11.9 Å². The van der Waals surface area contributed by atoms with Gasteiger partial charge in [0.2, 0.25) is 11.9 Å². The standard InChI is InChI=1S/C14H18F4N4O2/c15-12(16)14(17,18)8-24-7-11(23)22-5-2-9(3-6-22)10-1-4-20-13(19)21-10/h1,4,9,12H,2-3,5-8H2,(H2,19,20,21). The van der Waals surface area contributed by atoms with E-state index in [2.05, 4.69) is 14.7 Å². The molecule has 2 rings (SSSR count). The molecule has 0 atom stereocenters. The molecule has 1 saturated heterocycles. The van der Waals surface area contributed by atoms with Crippen LogP contribution in [0.25, 0.3) is 0 Å². The van der Waals surface area contributed by atoms with E-state index in [-0.39, 0.29) is 11.9 Å². The van der Waals surface area contributed by atoms with Crippen molar-refractivity contribution in [1.29, 1.82) is 0 Å². The number of nitrogens with zero attached hydrogens (tertiary/aromatic N) is 3. The summed E-state index contributed by atoms with van der Waals surface area (Å²) in [4.78, 5) is 21.3. The van der Waals surface area contributed by atoms with Crippen LogP contribution < -0.4 is 5.73 Å². The predicted molar refractivity (Wildman–Crippen MR) is 76.8 cm³/mol. The van der Waals surface area contributed by atoms with Crippen LogP contribution in [0.5, 0.6) is 0 Å². The van der Waals surface area contributed by atoms with Crippen molar-refractivity contribution in [3.8, 4) is 0 Å². The highest BCUT2D eigenvalue weighted by Crippen LogP contribution is 2.27. The number of alkyl halides is 4. The molecule has 0 bridgehead atoms. The van der Waals surface area contributed by atoms with Gasteiger partial charge in [-0.3, -0.25) is 4.79 Å². The first-order chi connectivity index (χ1) is 11.3. The lowest BCUT2D eigenvalue weighted by Gasteiger charge is -2.31. The normalized spacial score (nSPS) is 16.6. The smallest absolute Gasteiger partial charge is 0.330 e. The Bertz CT molecular complexity index is 565. The second-order valence-corrected chi connectivity index (χ2v) is 5.55. The maximum atomic E-state index is 12.7. The van der Waals surface area contributed by atoms with Crippen molar-refractivity contribution in [3.63, 3.8) is 0 Å². The molecule has 1 aliphatic rings. The Hall–Kier alpha value is -1.97. The number of anilines is 1. The van der Waals surface area contributed by atoms with E-state index >= 15 is 0 Å². The molecule has 0 aliphatic carbocycles. The maximum Gasteiger partial charge on any atom is 0.330 e. The van der Waals surface area contributed by atoms with Gasteiger partial charge in [0.25, 0.3) is 0 Å². The number of rotatable bonds is 6. The SMILES string of the molecule is Nc1nccc(C2CCN(C(=O)COCC(F)(F)C(F)F)CC2)n1. The fourth-order valence-electron chi connectivity index (χ4n) is 2.47. The van der Waals surface area contributed by atoms with Crippen molar-refractivity contribution in [2.45, 2.75) is 31.1 Å². The third kappa shape index (κ3) is 4.76. The summed E-state index contributed by atoms with van der Waals surface area (Å²) >= 11 is 0. The van der Waals surface area contributed by atoms with Gasteiger partial charge in [0.1, 0.15) is 13.2 Å². The molecule has 1 amide bonds. The van der Waals surface area contributed by atoms with Crippen LogP contribution in [0.3, 0.4) is 0 Å². The van der Waals surface area contributed by atoms with E-state index < -0.39 is 31.5 Å². The average Bonchev–Trinajstić information content (AvgIpc) is 2.54. The number of nitrogen functional groups attached to an aromatic ring is 1. The van der Waals surface area contributed by atoms with Gasteiger partial charge in [-0.1, -0.05) is 0 Å². The first-order valence-corrected chi connectivity index (χ1v) is 7.39. The lowest BCUT2D eigenvalue weighted by molar-refractivity contribution is -0.171.